The molecule has 0 spiro atoms. The van der Waals surface area contributed by atoms with Crippen molar-refractivity contribution in [2.45, 2.75) is 32.4 Å². The van der Waals surface area contributed by atoms with Crippen LogP contribution in [0, 0.1) is 11.8 Å². The van der Waals surface area contributed by atoms with Gasteiger partial charge in [0.25, 0.3) is 0 Å². The van der Waals surface area contributed by atoms with Crippen LogP contribution in [0.5, 0.6) is 0 Å². The van der Waals surface area contributed by atoms with Gasteiger partial charge in [0.05, 0.1) is 23.3 Å². The van der Waals surface area contributed by atoms with Gasteiger partial charge in [-0.05, 0) is 25.3 Å². The number of amides is 2. The molecule has 1 aromatic carbocycles. The summed E-state index contributed by atoms with van der Waals surface area (Å²) in [6.45, 7) is 3.09. The summed E-state index contributed by atoms with van der Waals surface area (Å²) in [7, 11) is -1.37. The van der Waals surface area contributed by atoms with Gasteiger partial charge < -0.3 is 9.80 Å². The van der Waals surface area contributed by atoms with Gasteiger partial charge in [-0.3, -0.25) is 9.59 Å². The third kappa shape index (κ3) is 4.09. The molecule has 1 aliphatic carbocycles. The average molecular weight is 378 g/mol. The number of rotatable bonds is 6. The van der Waals surface area contributed by atoms with Gasteiger partial charge in [0.2, 0.25) is 11.8 Å². The highest BCUT2D eigenvalue weighted by atomic mass is 32.2. The van der Waals surface area contributed by atoms with E-state index in [-0.39, 0.29) is 41.2 Å². The molecule has 3 unspecified atom stereocenters. The Bertz CT molecular complexity index is 778. The van der Waals surface area contributed by atoms with Crippen molar-refractivity contribution in [3.63, 3.8) is 0 Å². The molecule has 2 fully saturated rings. The van der Waals surface area contributed by atoms with Crippen LogP contribution in [0.4, 0.5) is 0 Å². The van der Waals surface area contributed by atoms with Gasteiger partial charge in [-0.15, -0.1) is 0 Å². The number of hydrogen-bond acceptors (Lipinski definition) is 4. The van der Waals surface area contributed by atoms with E-state index in [4.69, 9.17) is 0 Å². The first kappa shape index (κ1) is 18.9. The minimum absolute atomic E-state index is 0.0159. The van der Waals surface area contributed by atoms with Crippen molar-refractivity contribution in [2.24, 2.45) is 11.8 Å². The van der Waals surface area contributed by atoms with Gasteiger partial charge in [0.15, 0.2) is 9.84 Å². The van der Waals surface area contributed by atoms with Gasteiger partial charge in [0.1, 0.15) is 0 Å². The van der Waals surface area contributed by atoms with Gasteiger partial charge in [-0.1, -0.05) is 30.3 Å². The topological polar surface area (TPSA) is 74.8 Å². The molecule has 1 aliphatic heterocycles. The second-order valence-corrected chi connectivity index (χ2v) is 9.52. The summed E-state index contributed by atoms with van der Waals surface area (Å²) in [6, 6.07) is 9.55. The Kier molecular flexibility index (Phi) is 5.37. The molecule has 0 radical (unpaired) electrons. The van der Waals surface area contributed by atoms with Crippen LogP contribution in [0.1, 0.15) is 25.3 Å². The zero-order valence-corrected chi connectivity index (χ0v) is 16.1. The summed E-state index contributed by atoms with van der Waals surface area (Å²) in [4.78, 5) is 28.7. The maximum Gasteiger partial charge on any atom is 0.226 e. The van der Waals surface area contributed by atoms with Crippen LogP contribution < -0.4 is 0 Å². The van der Waals surface area contributed by atoms with E-state index in [1.165, 1.54) is 0 Å². The molecule has 1 heterocycles. The maximum absolute atomic E-state index is 12.8. The highest BCUT2D eigenvalue weighted by Crippen LogP contribution is 2.42. The summed E-state index contributed by atoms with van der Waals surface area (Å²) in [6.07, 6.45) is 1.05. The van der Waals surface area contributed by atoms with E-state index < -0.39 is 9.84 Å². The summed E-state index contributed by atoms with van der Waals surface area (Å²) < 4.78 is 23.3. The molecule has 0 bridgehead atoms. The van der Waals surface area contributed by atoms with E-state index in [1.807, 2.05) is 37.3 Å². The Morgan fingerprint density at radius 1 is 1.12 bits per heavy atom. The third-order valence-corrected chi connectivity index (χ3v) is 7.19. The van der Waals surface area contributed by atoms with E-state index in [0.717, 1.165) is 5.56 Å². The zero-order chi connectivity index (χ0) is 18.9. The first-order chi connectivity index (χ1) is 12.3. The molecule has 1 saturated heterocycles. The van der Waals surface area contributed by atoms with E-state index in [9.17, 15) is 18.0 Å². The van der Waals surface area contributed by atoms with Gasteiger partial charge in [-0.25, -0.2) is 8.42 Å². The van der Waals surface area contributed by atoms with Crippen molar-refractivity contribution in [1.29, 1.82) is 0 Å². The van der Waals surface area contributed by atoms with Crippen molar-refractivity contribution in [2.75, 3.05) is 25.1 Å². The largest absolute Gasteiger partial charge is 0.341 e. The van der Waals surface area contributed by atoms with E-state index in [0.29, 0.717) is 25.9 Å². The SMILES string of the molecule is CCN(Cc1ccccc1)C(=O)C1CC1C(=O)N(C)C1CCS(=O)(=O)C1. The number of sulfone groups is 1. The number of benzene rings is 1. The first-order valence-corrected chi connectivity index (χ1v) is 10.9. The van der Waals surface area contributed by atoms with Crippen molar-refractivity contribution >= 4 is 21.7 Å². The van der Waals surface area contributed by atoms with Crippen LogP contribution in [0.15, 0.2) is 30.3 Å². The Morgan fingerprint density at radius 3 is 2.35 bits per heavy atom. The van der Waals surface area contributed by atoms with Crippen LogP contribution in [-0.4, -0.2) is 61.2 Å². The number of nitrogens with zero attached hydrogens (tertiary/aromatic N) is 2. The lowest BCUT2D eigenvalue weighted by Gasteiger charge is -2.24. The minimum Gasteiger partial charge on any atom is -0.341 e. The normalized spacial score (nSPS) is 26.3. The Morgan fingerprint density at radius 2 is 1.77 bits per heavy atom. The highest BCUT2D eigenvalue weighted by molar-refractivity contribution is 7.91. The molecule has 0 N–H and O–H groups in total. The Hall–Kier alpha value is -1.89. The number of carbonyl (C=O) groups is 2. The van der Waals surface area contributed by atoms with Gasteiger partial charge >= 0.3 is 0 Å². The van der Waals surface area contributed by atoms with E-state index in [2.05, 4.69) is 0 Å². The fourth-order valence-corrected chi connectivity index (χ4v) is 5.42. The lowest BCUT2D eigenvalue weighted by molar-refractivity contribution is -0.138. The van der Waals surface area contributed by atoms with Gasteiger partial charge in [0, 0.05) is 26.2 Å². The molecular formula is C19H26N2O4S. The van der Waals surface area contributed by atoms with Crippen LogP contribution in [0.2, 0.25) is 0 Å². The first-order valence-electron chi connectivity index (χ1n) is 9.12. The summed E-state index contributed by atoms with van der Waals surface area (Å²) in [5, 5.41) is 0. The Balaban J connectivity index is 1.58. The van der Waals surface area contributed by atoms with Crippen molar-refractivity contribution in [3.05, 3.63) is 35.9 Å². The molecule has 7 heteroatoms. The van der Waals surface area contributed by atoms with Crippen LogP contribution in [-0.2, 0) is 26.0 Å². The molecule has 142 valence electrons. The standard InChI is InChI=1S/C19H26N2O4S/c1-3-21(12-14-7-5-4-6-8-14)19(23)17-11-16(17)18(22)20(2)15-9-10-26(24,25)13-15/h4-8,15-17H,3,9-13H2,1-2H3. The molecule has 3 rings (SSSR count). The minimum atomic E-state index is -3.03. The highest BCUT2D eigenvalue weighted by Gasteiger charge is 2.51. The molecule has 6 nitrogen and oxygen atoms in total. The molecule has 26 heavy (non-hydrogen) atoms. The van der Waals surface area contributed by atoms with Crippen LogP contribution in [0.25, 0.3) is 0 Å². The van der Waals surface area contributed by atoms with Gasteiger partial charge in [-0.2, -0.15) is 0 Å². The molecule has 2 aliphatic rings. The van der Waals surface area contributed by atoms with E-state index >= 15 is 0 Å². The predicted molar refractivity (Wildman–Crippen MR) is 99.0 cm³/mol. The Labute approximate surface area is 155 Å². The monoisotopic (exact) mass is 378 g/mol. The number of hydrogen-bond donors (Lipinski definition) is 0. The summed E-state index contributed by atoms with van der Waals surface area (Å²) in [5.74, 6) is -0.478. The van der Waals surface area contributed by atoms with Crippen LogP contribution in [0.3, 0.4) is 0 Å². The lowest BCUT2D eigenvalue weighted by atomic mass is 10.1. The summed E-state index contributed by atoms with van der Waals surface area (Å²) in [5.41, 5.74) is 1.07. The zero-order valence-electron chi connectivity index (χ0n) is 15.3. The van der Waals surface area contributed by atoms with E-state index in [1.54, 1.807) is 16.8 Å². The molecule has 1 saturated carbocycles. The molecule has 3 atom stereocenters. The van der Waals surface area contributed by atoms with Crippen molar-refractivity contribution in [3.8, 4) is 0 Å². The smallest absolute Gasteiger partial charge is 0.226 e. The third-order valence-electron chi connectivity index (χ3n) is 5.44. The molecule has 2 amide bonds. The fourth-order valence-electron chi connectivity index (χ4n) is 3.65. The van der Waals surface area contributed by atoms with Crippen molar-refractivity contribution < 1.29 is 18.0 Å². The average Bonchev–Trinajstić information content (AvgIpc) is 3.35. The molecular weight excluding hydrogens is 352 g/mol. The lowest BCUT2D eigenvalue weighted by Crippen LogP contribution is -2.40. The maximum atomic E-state index is 12.8. The second kappa shape index (κ2) is 7.39. The fraction of sp³-hybridized carbons (Fsp3) is 0.579. The predicted octanol–water partition coefficient (Wildman–Crippen LogP) is 1.32. The van der Waals surface area contributed by atoms with Crippen molar-refractivity contribution in [1.82, 2.24) is 9.80 Å². The van der Waals surface area contributed by atoms with Crippen LogP contribution >= 0.6 is 0 Å². The molecule has 0 aromatic heterocycles. The molecule has 1 aromatic rings. The number of carbonyl (C=O) groups excluding carboxylic acids is 2. The second-order valence-electron chi connectivity index (χ2n) is 7.29. The summed E-state index contributed by atoms with van der Waals surface area (Å²) >= 11 is 0. The quantitative estimate of drug-likeness (QED) is 0.748.